The van der Waals surface area contributed by atoms with Gasteiger partial charge >= 0.3 is 93.3 Å². The van der Waals surface area contributed by atoms with Gasteiger partial charge in [-0.15, -0.1) is 0 Å². The Hall–Kier alpha value is 1.38. The summed E-state index contributed by atoms with van der Waals surface area (Å²) in [5.74, 6) is 0. The van der Waals surface area contributed by atoms with Crippen LogP contribution in [-0.4, -0.2) is 103 Å². The summed E-state index contributed by atoms with van der Waals surface area (Å²) in [7, 11) is 0. The zero-order valence-corrected chi connectivity index (χ0v) is 3.12. The summed E-state index contributed by atoms with van der Waals surface area (Å²) < 4.78 is 3.08. The van der Waals surface area contributed by atoms with Gasteiger partial charge in [0.05, 0.1) is 0 Å². The van der Waals surface area contributed by atoms with Crippen molar-refractivity contribution in [2.75, 3.05) is 0 Å². The van der Waals surface area contributed by atoms with Gasteiger partial charge in [0.1, 0.15) is 0 Å². The third-order valence-corrected chi connectivity index (χ3v) is 0.175. The summed E-state index contributed by atoms with van der Waals surface area (Å²) in [5, 5.41) is 15.0. The van der Waals surface area contributed by atoms with E-state index in [-0.39, 0.29) is 80.9 Å². The third-order valence-electron chi connectivity index (χ3n) is 0.175. The molecule has 0 saturated heterocycles. The summed E-state index contributed by atoms with van der Waals surface area (Å²) in [4.78, 5) is 18.4. The first kappa shape index (κ1) is 16.8. The molecule has 0 fully saturated rings. The van der Waals surface area contributed by atoms with Crippen LogP contribution in [-0.2, 0) is 4.74 Å². The van der Waals surface area contributed by atoms with E-state index in [0.29, 0.717) is 0 Å². The molecule has 0 aliphatic rings. The number of hydrogen-bond acceptors (Lipinski definition) is 3. The van der Waals surface area contributed by atoms with Gasteiger partial charge in [0, 0.05) is 0 Å². The van der Waals surface area contributed by atoms with Crippen LogP contribution in [0.1, 0.15) is 0 Å². The second-order valence-corrected chi connectivity index (χ2v) is 0.634. The van der Waals surface area contributed by atoms with Crippen LogP contribution in [0.5, 0.6) is 0 Å². The zero-order chi connectivity index (χ0) is 5.86. The number of rotatable bonds is 0. The third kappa shape index (κ3) is 17.6. The summed E-state index contributed by atoms with van der Waals surface area (Å²) in [6, 6.07) is 0. The standard InChI is InChI=1S/C2H2O5.K.Na.2H/c3-1(4)7-2(5)6;;;;/h(H,3,4)(H,5,6);;;;. The van der Waals surface area contributed by atoms with Gasteiger partial charge in [0.15, 0.2) is 0 Å². The minimum absolute atomic E-state index is 0. The molecule has 0 atom stereocenters. The van der Waals surface area contributed by atoms with Crippen molar-refractivity contribution in [3.63, 3.8) is 0 Å². The molecular weight excluding hydrogens is 166 g/mol. The molecule has 0 amide bonds. The van der Waals surface area contributed by atoms with Crippen molar-refractivity contribution >= 4 is 93.3 Å². The van der Waals surface area contributed by atoms with Crippen LogP contribution in [0.3, 0.4) is 0 Å². The van der Waals surface area contributed by atoms with Crippen molar-refractivity contribution in [1.82, 2.24) is 0 Å². The molecule has 0 heterocycles. The predicted octanol–water partition coefficient (Wildman–Crippen LogP) is -0.938. The maximum atomic E-state index is 9.21. The van der Waals surface area contributed by atoms with E-state index in [1.807, 2.05) is 0 Å². The average Bonchev–Trinajstić information content (AvgIpc) is 1.27. The van der Waals surface area contributed by atoms with E-state index >= 15 is 0 Å². The number of ether oxygens (including phenoxy) is 1. The fraction of sp³-hybridized carbons (Fsp3) is 0. The van der Waals surface area contributed by atoms with E-state index < -0.39 is 12.3 Å². The van der Waals surface area contributed by atoms with Gasteiger partial charge in [-0.2, -0.15) is 0 Å². The Bertz CT molecular complexity index is 91.1. The van der Waals surface area contributed by atoms with Crippen LogP contribution in [0.15, 0.2) is 0 Å². The van der Waals surface area contributed by atoms with Crippen molar-refractivity contribution < 1.29 is 24.5 Å². The second kappa shape index (κ2) is 9.38. The normalized spacial score (nSPS) is 5.78. The van der Waals surface area contributed by atoms with Gasteiger partial charge in [-0.1, -0.05) is 0 Å². The van der Waals surface area contributed by atoms with Crippen molar-refractivity contribution in [2.24, 2.45) is 0 Å². The number of carbonyl (C=O) groups is 2. The molecule has 0 rings (SSSR count). The van der Waals surface area contributed by atoms with Gasteiger partial charge in [-0.25, -0.2) is 9.59 Å². The molecule has 0 aliphatic carbocycles. The molecule has 2 N–H and O–H groups in total. The van der Waals surface area contributed by atoms with Crippen LogP contribution >= 0.6 is 0 Å². The van der Waals surface area contributed by atoms with Gasteiger partial charge in [-0.3, -0.25) is 0 Å². The number of hydrogen-bond donors (Lipinski definition) is 2. The summed E-state index contributed by atoms with van der Waals surface area (Å²) >= 11 is 0. The van der Waals surface area contributed by atoms with Gasteiger partial charge < -0.3 is 14.9 Å². The molecular formula is C2H4KNaO5. The van der Waals surface area contributed by atoms with E-state index in [1.54, 1.807) is 0 Å². The Morgan fingerprint density at radius 3 is 1.33 bits per heavy atom. The molecule has 44 valence electrons. The molecule has 0 aromatic rings. The van der Waals surface area contributed by atoms with Crippen LogP contribution in [0.25, 0.3) is 0 Å². The predicted molar refractivity (Wildman–Crippen MR) is 31.4 cm³/mol. The Balaban J connectivity index is -0.000000180. The molecule has 0 spiro atoms. The zero-order valence-electron chi connectivity index (χ0n) is 3.12. The van der Waals surface area contributed by atoms with Crippen molar-refractivity contribution in [3.8, 4) is 0 Å². The monoisotopic (exact) mass is 170 g/mol. The van der Waals surface area contributed by atoms with Crippen molar-refractivity contribution in [3.05, 3.63) is 0 Å². The molecule has 7 heteroatoms. The molecule has 0 unspecified atom stereocenters. The summed E-state index contributed by atoms with van der Waals surface area (Å²) in [6.07, 6.45) is -3.62. The molecule has 0 bridgehead atoms. The van der Waals surface area contributed by atoms with Crippen molar-refractivity contribution in [2.45, 2.75) is 0 Å². The molecule has 0 aliphatic heterocycles. The Morgan fingerprint density at radius 2 is 1.33 bits per heavy atom. The van der Waals surface area contributed by atoms with E-state index in [2.05, 4.69) is 4.74 Å². The first-order valence-corrected chi connectivity index (χ1v) is 1.26. The maximum absolute atomic E-state index is 9.21. The quantitative estimate of drug-likeness (QED) is 0.278. The van der Waals surface area contributed by atoms with Crippen molar-refractivity contribution in [1.29, 1.82) is 0 Å². The number of carboxylic acid groups (broad SMARTS) is 2. The van der Waals surface area contributed by atoms with Gasteiger partial charge in [0.25, 0.3) is 0 Å². The molecule has 9 heavy (non-hydrogen) atoms. The average molecular weight is 170 g/mol. The first-order valence-electron chi connectivity index (χ1n) is 1.26. The SMILES string of the molecule is O=C(O)OC(=O)O.[KH].[NaH]. The van der Waals surface area contributed by atoms with Gasteiger partial charge in [-0.05, 0) is 0 Å². The Kier molecular flexibility index (Phi) is 17.5. The molecule has 0 radical (unpaired) electrons. The van der Waals surface area contributed by atoms with Crippen LogP contribution in [0, 0.1) is 0 Å². The fourth-order valence-corrected chi connectivity index (χ4v) is 0.0747. The Morgan fingerprint density at radius 1 is 1.11 bits per heavy atom. The van der Waals surface area contributed by atoms with E-state index in [4.69, 9.17) is 10.2 Å². The minimum atomic E-state index is -1.81. The topological polar surface area (TPSA) is 83.8 Å². The fourth-order valence-electron chi connectivity index (χ4n) is 0.0747. The second-order valence-electron chi connectivity index (χ2n) is 0.634. The van der Waals surface area contributed by atoms with Crippen LogP contribution in [0.2, 0.25) is 0 Å². The molecule has 0 aromatic carbocycles. The van der Waals surface area contributed by atoms with E-state index in [0.717, 1.165) is 0 Å². The van der Waals surface area contributed by atoms with E-state index in [1.165, 1.54) is 0 Å². The summed E-state index contributed by atoms with van der Waals surface area (Å²) in [6.45, 7) is 0. The molecule has 0 saturated carbocycles. The molecule has 0 aromatic heterocycles. The van der Waals surface area contributed by atoms with Gasteiger partial charge in [0.2, 0.25) is 0 Å². The summed E-state index contributed by atoms with van der Waals surface area (Å²) in [5.41, 5.74) is 0. The molecule has 5 nitrogen and oxygen atoms in total. The van der Waals surface area contributed by atoms with Crippen LogP contribution in [0.4, 0.5) is 9.59 Å². The van der Waals surface area contributed by atoms with Crippen LogP contribution < -0.4 is 0 Å². The van der Waals surface area contributed by atoms with E-state index in [9.17, 15) is 9.59 Å². The Labute approximate surface area is 115 Å². The first-order chi connectivity index (χ1) is 3.13.